The summed E-state index contributed by atoms with van der Waals surface area (Å²) in [6, 6.07) is 11.0. The highest BCUT2D eigenvalue weighted by Gasteiger charge is 2.52. The second-order valence-corrected chi connectivity index (χ2v) is 12.5. The van der Waals surface area contributed by atoms with Crippen molar-refractivity contribution in [2.45, 2.75) is 56.4 Å². The Morgan fingerprint density at radius 1 is 1.00 bits per heavy atom. The number of alkyl halides is 2. The van der Waals surface area contributed by atoms with Gasteiger partial charge in [0.2, 0.25) is 10.0 Å². The number of benzene rings is 2. The lowest BCUT2D eigenvalue weighted by molar-refractivity contribution is -0.138. The van der Waals surface area contributed by atoms with E-state index in [1.54, 1.807) is 0 Å². The van der Waals surface area contributed by atoms with E-state index in [9.17, 15) is 17.6 Å². The lowest BCUT2D eigenvalue weighted by atomic mass is 9.79. The molecule has 4 rings (SSSR count). The van der Waals surface area contributed by atoms with Gasteiger partial charge in [-0.1, -0.05) is 54.8 Å². The Labute approximate surface area is 235 Å². The van der Waals surface area contributed by atoms with Crippen LogP contribution in [-0.4, -0.2) is 25.2 Å². The Bertz CT molecular complexity index is 1390. The number of hydrogen-bond donors (Lipinski definition) is 1. The Kier molecular flexibility index (Phi) is 8.98. The van der Waals surface area contributed by atoms with E-state index in [-0.39, 0.29) is 16.7 Å². The molecule has 0 bridgehead atoms. The monoisotopic (exact) mass is 622 g/mol. The molecule has 2 aromatic carbocycles. The van der Waals surface area contributed by atoms with E-state index in [4.69, 9.17) is 0 Å². The molecule has 1 fully saturated rings. The molecule has 1 aromatic heterocycles. The van der Waals surface area contributed by atoms with Gasteiger partial charge in [0, 0.05) is 27.7 Å². The maximum Gasteiger partial charge on any atom is 0.296 e. The summed E-state index contributed by atoms with van der Waals surface area (Å²) < 4.78 is 74.8. The molecule has 3 atom stereocenters. The van der Waals surface area contributed by atoms with Gasteiger partial charge in [-0.15, -0.1) is 0 Å². The zero-order valence-electron chi connectivity index (χ0n) is 21.6. The number of nitrogens with zero attached hydrogens (tertiary/aromatic N) is 1. The standard InChI is InChI=1S/C29H30BrF3N2O3S/c1-3-18-5-6-19(4-2)26(18)27(36)28(29(32,33)21-9-11-22(30)12-10-21)35-39(37,38)24-15-16-25(34-17-24)20-7-13-23(31)14-8-20/h7-19,26,28,35H,3-6H2,1-2H3. The fourth-order valence-electron chi connectivity index (χ4n) is 5.45. The van der Waals surface area contributed by atoms with Crippen LogP contribution in [0.25, 0.3) is 11.3 Å². The second-order valence-electron chi connectivity index (χ2n) is 9.91. The third-order valence-electron chi connectivity index (χ3n) is 7.64. The van der Waals surface area contributed by atoms with Crippen molar-refractivity contribution in [2.75, 3.05) is 0 Å². The number of carbonyl (C=O) groups excluding carboxylic acids is 1. The van der Waals surface area contributed by atoms with Crippen molar-refractivity contribution in [3.8, 4) is 11.3 Å². The minimum Gasteiger partial charge on any atom is -0.297 e. The van der Waals surface area contributed by atoms with Gasteiger partial charge < -0.3 is 0 Å². The molecule has 0 spiro atoms. The summed E-state index contributed by atoms with van der Waals surface area (Å²) in [5.41, 5.74) is 0.473. The van der Waals surface area contributed by atoms with Gasteiger partial charge in [-0.25, -0.2) is 12.8 Å². The molecule has 3 unspecified atom stereocenters. The van der Waals surface area contributed by atoms with Crippen molar-refractivity contribution < 1.29 is 26.4 Å². The lowest BCUT2D eigenvalue weighted by Gasteiger charge is -2.32. The highest BCUT2D eigenvalue weighted by atomic mass is 79.9. The first-order valence-corrected chi connectivity index (χ1v) is 15.2. The summed E-state index contributed by atoms with van der Waals surface area (Å²) in [6.45, 7) is 3.84. The minimum atomic E-state index is -4.57. The molecule has 1 saturated carbocycles. The molecular weight excluding hydrogens is 593 g/mol. The first-order valence-electron chi connectivity index (χ1n) is 12.9. The average molecular weight is 624 g/mol. The van der Waals surface area contributed by atoms with Crippen molar-refractivity contribution in [2.24, 2.45) is 17.8 Å². The fraction of sp³-hybridized carbons (Fsp3) is 0.379. The predicted molar refractivity (Wildman–Crippen MR) is 147 cm³/mol. The molecule has 0 aliphatic heterocycles. The molecule has 5 nitrogen and oxygen atoms in total. The molecule has 208 valence electrons. The van der Waals surface area contributed by atoms with E-state index in [2.05, 4.69) is 25.6 Å². The number of rotatable bonds is 10. The van der Waals surface area contributed by atoms with Gasteiger partial charge >= 0.3 is 0 Å². The number of halogens is 4. The van der Waals surface area contributed by atoms with Crippen LogP contribution in [0.4, 0.5) is 13.2 Å². The number of aromatic nitrogens is 1. The molecule has 1 aliphatic rings. The molecule has 1 heterocycles. The van der Waals surface area contributed by atoms with E-state index in [1.807, 2.05) is 13.8 Å². The lowest BCUT2D eigenvalue weighted by Crippen LogP contribution is -2.54. The molecule has 0 amide bonds. The summed E-state index contributed by atoms with van der Waals surface area (Å²) in [7, 11) is -4.57. The number of hydrogen-bond acceptors (Lipinski definition) is 4. The summed E-state index contributed by atoms with van der Waals surface area (Å²) in [5, 5.41) is 0. The quantitative estimate of drug-likeness (QED) is 0.261. The van der Waals surface area contributed by atoms with Crippen LogP contribution in [0.15, 0.2) is 76.2 Å². The maximum absolute atomic E-state index is 16.1. The van der Waals surface area contributed by atoms with Crippen LogP contribution in [-0.2, 0) is 20.7 Å². The molecular formula is C29H30BrF3N2O3S. The molecule has 1 aliphatic carbocycles. The number of ketones is 1. The van der Waals surface area contributed by atoms with Gasteiger partial charge in [0.1, 0.15) is 16.8 Å². The van der Waals surface area contributed by atoms with Crippen molar-refractivity contribution >= 4 is 31.7 Å². The smallest absolute Gasteiger partial charge is 0.296 e. The van der Waals surface area contributed by atoms with Gasteiger partial charge in [0.25, 0.3) is 5.92 Å². The summed E-state index contributed by atoms with van der Waals surface area (Å²) in [4.78, 5) is 17.7. The van der Waals surface area contributed by atoms with E-state index in [1.165, 1.54) is 60.7 Å². The van der Waals surface area contributed by atoms with Crippen LogP contribution in [0.5, 0.6) is 0 Å². The van der Waals surface area contributed by atoms with Crippen LogP contribution in [0.3, 0.4) is 0 Å². The molecule has 0 radical (unpaired) electrons. The summed E-state index contributed by atoms with van der Waals surface area (Å²) in [6.07, 6.45) is 3.81. The van der Waals surface area contributed by atoms with Crippen LogP contribution in [0, 0.1) is 23.6 Å². The summed E-state index contributed by atoms with van der Waals surface area (Å²) in [5.74, 6) is -5.89. The van der Waals surface area contributed by atoms with Crippen LogP contribution < -0.4 is 4.72 Å². The number of sulfonamides is 1. The van der Waals surface area contributed by atoms with Gasteiger partial charge in [-0.2, -0.15) is 13.5 Å². The van der Waals surface area contributed by atoms with Gasteiger partial charge in [0.05, 0.1) is 5.69 Å². The average Bonchev–Trinajstić information content (AvgIpc) is 3.35. The molecule has 3 aromatic rings. The number of pyridine rings is 1. The summed E-state index contributed by atoms with van der Waals surface area (Å²) >= 11 is 3.22. The first kappa shape index (κ1) is 29.4. The Morgan fingerprint density at radius 3 is 2.10 bits per heavy atom. The molecule has 10 heteroatoms. The van der Waals surface area contributed by atoms with E-state index < -0.39 is 45.1 Å². The largest absolute Gasteiger partial charge is 0.297 e. The van der Waals surface area contributed by atoms with Crippen molar-refractivity contribution in [3.05, 3.63) is 82.7 Å². The number of nitrogens with one attached hydrogen (secondary N) is 1. The Hall–Kier alpha value is -2.56. The SMILES string of the molecule is CCC1CCC(CC)C1C(=O)C(NS(=O)(=O)c1ccc(-c2ccc(F)cc2)nc1)C(F)(F)c1ccc(Br)cc1. The highest BCUT2D eigenvalue weighted by Crippen LogP contribution is 2.44. The van der Waals surface area contributed by atoms with Crippen molar-refractivity contribution in [1.29, 1.82) is 0 Å². The zero-order valence-corrected chi connectivity index (χ0v) is 24.0. The van der Waals surface area contributed by atoms with Crippen LogP contribution >= 0.6 is 15.9 Å². The molecule has 39 heavy (non-hydrogen) atoms. The van der Waals surface area contributed by atoms with Crippen molar-refractivity contribution in [1.82, 2.24) is 9.71 Å². The molecule has 1 N–H and O–H groups in total. The van der Waals surface area contributed by atoms with Crippen LogP contribution in [0.2, 0.25) is 0 Å². The molecule has 0 saturated heterocycles. The topological polar surface area (TPSA) is 76.1 Å². The maximum atomic E-state index is 16.1. The van der Waals surface area contributed by atoms with Gasteiger partial charge in [0.15, 0.2) is 5.78 Å². The van der Waals surface area contributed by atoms with E-state index >= 15 is 8.78 Å². The fourth-order valence-corrected chi connectivity index (χ4v) is 6.86. The number of carbonyl (C=O) groups is 1. The third kappa shape index (κ3) is 6.28. The third-order valence-corrected chi connectivity index (χ3v) is 9.57. The predicted octanol–water partition coefficient (Wildman–Crippen LogP) is 7.12. The van der Waals surface area contributed by atoms with Crippen molar-refractivity contribution in [3.63, 3.8) is 0 Å². The van der Waals surface area contributed by atoms with Gasteiger partial charge in [-0.05, 0) is 73.2 Å². The highest BCUT2D eigenvalue weighted by molar-refractivity contribution is 9.10. The normalized spacial score (nSPS) is 20.6. The number of Topliss-reactive ketones (excluding diaryl/α,β-unsaturated/α-hetero) is 1. The van der Waals surface area contributed by atoms with E-state index in [0.717, 1.165) is 19.0 Å². The first-order chi connectivity index (χ1) is 18.5. The Morgan fingerprint density at radius 2 is 1.59 bits per heavy atom. The zero-order chi connectivity index (χ0) is 28.4. The second kappa shape index (κ2) is 11.9. The van der Waals surface area contributed by atoms with Gasteiger partial charge in [-0.3, -0.25) is 9.78 Å². The van der Waals surface area contributed by atoms with E-state index in [0.29, 0.717) is 28.6 Å². The van der Waals surface area contributed by atoms with Crippen LogP contribution in [0.1, 0.15) is 45.1 Å². The Balaban J connectivity index is 1.71. The minimum absolute atomic E-state index is 0.0909.